The first-order chi connectivity index (χ1) is 12.5. The summed E-state index contributed by atoms with van der Waals surface area (Å²) in [5.41, 5.74) is 1.04. The van der Waals surface area contributed by atoms with Gasteiger partial charge in [-0.1, -0.05) is 12.1 Å². The molecule has 3 rings (SSSR count). The zero-order valence-electron chi connectivity index (χ0n) is 14.9. The molecule has 0 saturated carbocycles. The largest absolute Gasteiger partial charge is 0.448 e. The van der Waals surface area contributed by atoms with Crippen molar-refractivity contribution in [1.82, 2.24) is 15.2 Å². The maximum Gasteiger partial charge on any atom is 0.273 e. The van der Waals surface area contributed by atoms with Gasteiger partial charge in [0.25, 0.3) is 5.91 Å². The Hall–Kier alpha value is -2.70. The summed E-state index contributed by atoms with van der Waals surface area (Å²) in [5, 5.41) is 2.98. The van der Waals surface area contributed by atoms with Gasteiger partial charge in [-0.3, -0.25) is 9.59 Å². The number of nitrogens with one attached hydrogen (secondary N) is 1. The van der Waals surface area contributed by atoms with Gasteiger partial charge in [0.2, 0.25) is 5.91 Å². The third-order valence-electron chi connectivity index (χ3n) is 4.79. The molecule has 6 nitrogen and oxygen atoms in total. The molecule has 1 N–H and O–H groups in total. The van der Waals surface area contributed by atoms with Gasteiger partial charge in [0.1, 0.15) is 11.6 Å². The first-order valence-corrected chi connectivity index (χ1v) is 8.68. The number of benzene rings is 1. The number of likely N-dealkylation sites (tertiary alicyclic amines) is 1. The number of halogens is 1. The van der Waals surface area contributed by atoms with Gasteiger partial charge in [-0.05, 0) is 43.9 Å². The summed E-state index contributed by atoms with van der Waals surface area (Å²) in [5.74, 6) is -0.242. The Kier molecular flexibility index (Phi) is 5.35. The summed E-state index contributed by atoms with van der Waals surface area (Å²) in [4.78, 5) is 30.3. The molecule has 0 aliphatic carbocycles. The number of aryl methyl sites for hydroxylation is 1. The zero-order chi connectivity index (χ0) is 18.7. The molecule has 1 aromatic carbocycles. The summed E-state index contributed by atoms with van der Waals surface area (Å²) in [6, 6.07) is 5.86. The average Bonchev–Trinajstić information content (AvgIpc) is 3.02. The fourth-order valence-electron chi connectivity index (χ4n) is 3.53. The topological polar surface area (TPSA) is 75.4 Å². The third-order valence-corrected chi connectivity index (χ3v) is 4.79. The molecule has 7 heteroatoms. The average molecular weight is 359 g/mol. The smallest absolute Gasteiger partial charge is 0.273 e. The van der Waals surface area contributed by atoms with E-state index in [1.165, 1.54) is 25.5 Å². The minimum Gasteiger partial charge on any atom is -0.448 e. The molecule has 2 atom stereocenters. The highest BCUT2D eigenvalue weighted by Crippen LogP contribution is 2.23. The maximum absolute atomic E-state index is 13.5. The van der Waals surface area contributed by atoms with Crippen LogP contribution in [-0.4, -0.2) is 40.3 Å². The van der Waals surface area contributed by atoms with Crippen LogP contribution >= 0.6 is 0 Å². The van der Waals surface area contributed by atoms with Crippen molar-refractivity contribution in [2.75, 3.05) is 6.54 Å². The molecular formula is C19H22FN3O3. The molecular weight excluding hydrogens is 337 g/mol. The lowest BCUT2D eigenvalue weighted by molar-refractivity contribution is -0.133. The van der Waals surface area contributed by atoms with Gasteiger partial charge in [0, 0.05) is 13.5 Å². The molecule has 1 aliphatic rings. The Bertz CT molecular complexity index is 805. The monoisotopic (exact) mass is 359 g/mol. The minimum atomic E-state index is -0.323. The first-order valence-electron chi connectivity index (χ1n) is 8.68. The van der Waals surface area contributed by atoms with Gasteiger partial charge in [-0.15, -0.1) is 0 Å². The van der Waals surface area contributed by atoms with Crippen LogP contribution in [0.1, 0.15) is 41.6 Å². The van der Waals surface area contributed by atoms with Crippen molar-refractivity contribution in [2.45, 2.75) is 45.2 Å². The second-order valence-electron chi connectivity index (χ2n) is 6.59. The Morgan fingerprint density at radius 3 is 2.88 bits per heavy atom. The summed E-state index contributed by atoms with van der Waals surface area (Å²) in [6.07, 6.45) is 3.24. The molecule has 1 aromatic heterocycles. The van der Waals surface area contributed by atoms with Crippen LogP contribution in [0.2, 0.25) is 0 Å². The summed E-state index contributed by atoms with van der Waals surface area (Å²) < 4.78 is 18.6. The van der Waals surface area contributed by atoms with Crippen molar-refractivity contribution >= 4 is 11.8 Å². The van der Waals surface area contributed by atoms with Crippen LogP contribution in [-0.2, 0) is 11.2 Å². The predicted octanol–water partition coefficient (Wildman–Crippen LogP) is 2.47. The fraction of sp³-hybridized carbons (Fsp3) is 0.421. The van der Waals surface area contributed by atoms with Crippen LogP contribution in [0.3, 0.4) is 0 Å². The van der Waals surface area contributed by atoms with Gasteiger partial charge in [0.15, 0.2) is 12.1 Å². The van der Waals surface area contributed by atoms with Gasteiger partial charge in [-0.2, -0.15) is 0 Å². The Morgan fingerprint density at radius 2 is 2.23 bits per heavy atom. The molecule has 2 heterocycles. The van der Waals surface area contributed by atoms with E-state index in [-0.39, 0.29) is 35.4 Å². The number of piperidine rings is 1. The normalized spacial score (nSPS) is 20.0. The number of nitrogens with zero attached hydrogens (tertiary/aromatic N) is 2. The van der Waals surface area contributed by atoms with Crippen LogP contribution in [0.15, 0.2) is 35.1 Å². The summed E-state index contributed by atoms with van der Waals surface area (Å²) in [6.45, 7) is 3.82. The number of aromatic nitrogens is 1. The maximum atomic E-state index is 13.5. The quantitative estimate of drug-likeness (QED) is 0.910. The highest BCUT2D eigenvalue weighted by atomic mass is 19.1. The van der Waals surface area contributed by atoms with Gasteiger partial charge >= 0.3 is 0 Å². The molecule has 138 valence electrons. The summed E-state index contributed by atoms with van der Waals surface area (Å²) in [7, 11) is 0. The van der Waals surface area contributed by atoms with E-state index in [4.69, 9.17) is 4.42 Å². The second kappa shape index (κ2) is 7.68. The molecule has 2 aromatic rings. The van der Waals surface area contributed by atoms with Crippen molar-refractivity contribution in [2.24, 2.45) is 0 Å². The van der Waals surface area contributed by atoms with E-state index < -0.39 is 0 Å². The lowest BCUT2D eigenvalue weighted by atomic mass is 9.90. The molecule has 2 amide bonds. The molecule has 1 saturated heterocycles. The van der Waals surface area contributed by atoms with E-state index in [0.717, 1.165) is 18.4 Å². The number of hydrogen-bond donors (Lipinski definition) is 1. The van der Waals surface area contributed by atoms with E-state index in [1.807, 2.05) is 6.07 Å². The Labute approximate surface area is 151 Å². The van der Waals surface area contributed by atoms with Crippen LogP contribution in [0.25, 0.3) is 0 Å². The lowest BCUT2D eigenvalue weighted by Crippen LogP contribution is -2.57. The zero-order valence-corrected chi connectivity index (χ0v) is 14.9. The number of carbonyl (C=O) groups excluding carboxylic acids is 2. The summed E-state index contributed by atoms with van der Waals surface area (Å²) >= 11 is 0. The lowest BCUT2D eigenvalue weighted by Gasteiger charge is -2.41. The minimum absolute atomic E-state index is 0.0528. The first kappa shape index (κ1) is 18.1. The highest BCUT2D eigenvalue weighted by Gasteiger charge is 2.34. The standard InChI is InChI=1S/C19H22FN3O3/c1-12-18(21-11-26-12)19(25)22-16-7-4-8-23(13(2)24)17(16)10-14-5-3-6-15(20)9-14/h3,5-6,9,11,16-17H,4,7-8,10H2,1-2H3,(H,22,25)/t16-,17-/m0/s1. The van der Waals surface area contributed by atoms with E-state index in [9.17, 15) is 14.0 Å². The number of carbonyl (C=O) groups is 2. The SMILES string of the molecule is CC(=O)N1CCC[C@H](NC(=O)c2ncoc2C)[C@@H]1Cc1cccc(F)c1. The van der Waals surface area contributed by atoms with E-state index in [1.54, 1.807) is 17.9 Å². The van der Waals surface area contributed by atoms with Crippen LogP contribution < -0.4 is 5.32 Å². The van der Waals surface area contributed by atoms with Crippen molar-refractivity contribution in [3.8, 4) is 0 Å². The van der Waals surface area contributed by atoms with Crippen molar-refractivity contribution < 1.29 is 18.4 Å². The fourth-order valence-corrected chi connectivity index (χ4v) is 3.53. The van der Waals surface area contributed by atoms with Crippen LogP contribution in [0.4, 0.5) is 4.39 Å². The highest BCUT2D eigenvalue weighted by molar-refractivity contribution is 5.93. The molecule has 0 unspecified atom stereocenters. The molecule has 0 radical (unpaired) electrons. The third kappa shape index (κ3) is 3.92. The van der Waals surface area contributed by atoms with Crippen molar-refractivity contribution in [3.05, 3.63) is 53.5 Å². The number of oxazole rings is 1. The van der Waals surface area contributed by atoms with Crippen LogP contribution in [0, 0.1) is 12.7 Å². The Balaban J connectivity index is 1.82. The van der Waals surface area contributed by atoms with Crippen LogP contribution in [0.5, 0.6) is 0 Å². The molecule has 26 heavy (non-hydrogen) atoms. The van der Waals surface area contributed by atoms with Gasteiger partial charge in [-0.25, -0.2) is 9.37 Å². The van der Waals surface area contributed by atoms with Crippen molar-refractivity contribution in [3.63, 3.8) is 0 Å². The molecule has 0 spiro atoms. The Morgan fingerprint density at radius 1 is 1.42 bits per heavy atom. The number of hydrogen-bond acceptors (Lipinski definition) is 4. The van der Waals surface area contributed by atoms with Gasteiger partial charge in [0.05, 0.1) is 12.1 Å². The van der Waals surface area contributed by atoms with Gasteiger partial charge < -0.3 is 14.6 Å². The second-order valence-corrected chi connectivity index (χ2v) is 6.59. The number of amides is 2. The van der Waals surface area contributed by atoms with E-state index in [2.05, 4.69) is 10.3 Å². The predicted molar refractivity (Wildman–Crippen MR) is 93.0 cm³/mol. The van der Waals surface area contributed by atoms with Crippen molar-refractivity contribution in [1.29, 1.82) is 0 Å². The molecule has 0 bridgehead atoms. The van der Waals surface area contributed by atoms with E-state index >= 15 is 0 Å². The molecule has 1 fully saturated rings. The van der Waals surface area contributed by atoms with E-state index in [0.29, 0.717) is 18.7 Å². The number of rotatable bonds is 4. The molecule has 1 aliphatic heterocycles.